The summed E-state index contributed by atoms with van der Waals surface area (Å²) in [6.45, 7) is 1.36. The van der Waals surface area contributed by atoms with Gasteiger partial charge in [-0.1, -0.05) is 11.6 Å². The molecular formula is C18H20ClN3O4S. The largest absolute Gasteiger partial charge is 0.497 e. The second kappa shape index (κ2) is 8.98. The van der Waals surface area contributed by atoms with Gasteiger partial charge in [-0.2, -0.15) is 9.41 Å². The normalized spacial score (nSPS) is 12.1. The van der Waals surface area contributed by atoms with Crippen molar-refractivity contribution >= 4 is 33.2 Å². The van der Waals surface area contributed by atoms with Crippen molar-refractivity contribution < 1.29 is 17.9 Å². The van der Waals surface area contributed by atoms with E-state index in [0.717, 1.165) is 9.87 Å². The molecule has 0 saturated carbocycles. The van der Waals surface area contributed by atoms with Gasteiger partial charge in [-0.15, -0.1) is 0 Å². The third kappa shape index (κ3) is 5.53. The number of methoxy groups -OCH3 is 1. The van der Waals surface area contributed by atoms with Crippen molar-refractivity contribution in [2.75, 3.05) is 20.7 Å². The molecule has 2 aromatic rings. The maximum Gasteiger partial charge on any atom is 0.255 e. The molecule has 0 unspecified atom stereocenters. The summed E-state index contributed by atoms with van der Waals surface area (Å²) in [5.41, 5.74) is 3.75. The first-order chi connectivity index (χ1) is 12.7. The monoisotopic (exact) mass is 409 g/mol. The third-order valence-electron chi connectivity index (χ3n) is 3.74. The van der Waals surface area contributed by atoms with Crippen LogP contribution in [0.3, 0.4) is 0 Å². The maximum absolute atomic E-state index is 12.5. The average molecular weight is 410 g/mol. The summed E-state index contributed by atoms with van der Waals surface area (Å²) in [4.78, 5) is 12.1. The number of nitrogens with one attached hydrogen (secondary N) is 1. The minimum absolute atomic E-state index is 0.0557. The van der Waals surface area contributed by atoms with Gasteiger partial charge in [0.1, 0.15) is 5.75 Å². The van der Waals surface area contributed by atoms with Gasteiger partial charge in [0.05, 0.1) is 24.3 Å². The Bertz CT molecular complexity index is 926. The number of nitrogens with zero attached hydrogens (tertiary/aromatic N) is 2. The summed E-state index contributed by atoms with van der Waals surface area (Å²) < 4.78 is 30.9. The number of halogens is 1. The molecule has 0 atom stereocenters. The molecule has 0 aliphatic carbocycles. The van der Waals surface area contributed by atoms with Gasteiger partial charge in [-0.05, 0) is 61.0 Å². The van der Waals surface area contributed by atoms with Crippen LogP contribution in [0.5, 0.6) is 5.75 Å². The van der Waals surface area contributed by atoms with Crippen LogP contribution in [0.25, 0.3) is 0 Å². The van der Waals surface area contributed by atoms with Gasteiger partial charge >= 0.3 is 0 Å². The fourth-order valence-corrected chi connectivity index (χ4v) is 3.41. The number of carbonyl (C=O) groups excluding carboxylic acids is 1. The van der Waals surface area contributed by atoms with Crippen LogP contribution in [0.2, 0.25) is 5.02 Å². The molecule has 0 fully saturated rings. The van der Waals surface area contributed by atoms with E-state index in [1.54, 1.807) is 38.3 Å². The van der Waals surface area contributed by atoms with Crippen LogP contribution in [0.4, 0.5) is 0 Å². The van der Waals surface area contributed by atoms with Gasteiger partial charge in [0.25, 0.3) is 5.91 Å². The average Bonchev–Trinajstić information content (AvgIpc) is 2.66. The summed E-state index contributed by atoms with van der Waals surface area (Å²) in [6.07, 6.45) is 0. The minimum atomic E-state index is -3.80. The van der Waals surface area contributed by atoms with Crippen LogP contribution in [-0.4, -0.2) is 45.0 Å². The molecule has 0 aromatic heterocycles. The highest BCUT2D eigenvalue weighted by molar-refractivity contribution is 7.89. The molecule has 144 valence electrons. The van der Waals surface area contributed by atoms with E-state index in [4.69, 9.17) is 16.3 Å². The van der Waals surface area contributed by atoms with E-state index in [9.17, 15) is 13.2 Å². The predicted octanol–water partition coefficient (Wildman–Crippen LogP) is 2.51. The van der Waals surface area contributed by atoms with Crippen molar-refractivity contribution in [3.8, 4) is 5.75 Å². The predicted molar refractivity (Wildman–Crippen MR) is 105 cm³/mol. The molecule has 27 heavy (non-hydrogen) atoms. The van der Waals surface area contributed by atoms with Gasteiger partial charge in [0, 0.05) is 12.1 Å². The Morgan fingerprint density at radius 3 is 2.30 bits per heavy atom. The number of carbonyl (C=O) groups is 1. The van der Waals surface area contributed by atoms with Crippen LogP contribution < -0.4 is 10.2 Å². The van der Waals surface area contributed by atoms with Crippen LogP contribution >= 0.6 is 11.6 Å². The van der Waals surface area contributed by atoms with Crippen LogP contribution in [-0.2, 0) is 14.8 Å². The van der Waals surface area contributed by atoms with E-state index in [-0.39, 0.29) is 11.4 Å². The molecule has 0 heterocycles. The Morgan fingerprint density at radius 2 is 1.74 bits per heavy atom. The Balaban J connectivity index is 2.00. The molecule has 0 aliphatic rings. The summed E-state index contributed by atoms with van der Waals surface area (Å²) in [5.74, 6) is 0.160. The first-order valence-corrected chi connectivity index (χ1v) is 9.75. The fourth-order valence-electron chi connectivity index (χ4n) is 2.15. The van der Waals surface area contributed by atoms with Crippen molar-refractivity contribution in [2.45, 2.75) is 11.8 Å². The van der Waals surface area contributed by atoms with E-state index in [2.05, 4.69) is 10.5 Å². The standard InChI is InChI=1S/C18H20ClN3O4S/c1-13(14-4-8-16(26-3)9-5-14)20-21-18(23)12-22(2)27(24,25)17-10-6-15(19)7-11-17/h4-11H,12H2,1-3H3,(H,21,23)/b20-13-. The maximum atomic E-state index is 12.5. The van der Waals surface area contributed by atoms with Crippen molar-refractivity contribution in [1.82, 2.24) is 9.73 Å². The quantitative estimate of drug-likeness (QED) is 0.562. The molecule has 0 spiro atoms. The summed E-state index contributed by atoms with van der Waals surface area (Å²) in [6, 6.07) is 12.9. The zero-order valence-corrected chi connectivity index (χ0v) is 16.7. The zero-order valence-electron chi connectivity index (χ0n) is 15.1. The summed E-state index contributed by atoms with van der Waals surface area (Å²) >= 11 is 5.77. The molecule has 7 nitrogen and oxygen atoms in total. The van der Waals surface area contributed by atoms with Gasteiger partial charge in [-0.25, -0.2) is 13.8 Å². The lowest BCUT2D eigenvalue weighted by Crippen LogP contribution is -2.36. The van der Waals surface area contributed by atoms with Crippen molar-refractivity contribution in [3.63, 3.8) is 0 Å². The number of rotatable bonds is 7. The number of likely N-dealkylation sites (N-methyl/N-ethyl adjacent to an activating group) is 1. The van der Waals surface area contributed by atoms with Crippen LogP contribution in [0.1, 0.15) is 12.5 Å². The number of hydrogen-bond donors (Lipinski definition) is 1. The lowest BCUT2D eigenvalue weighted by Gasteiger charge is -2.16. The first kappa shape index (κ1) is 20.9. The third-order valence-corrected chi connectivity index (χ3v) is 5.81. The zero-order chi connectivity index (χ0) is 20.0. The van der Waals surface area contributed by atoms with Crippen LogP contribution in [0, 0.1) is 0 Å². The molecule has 0 bridgehead atoms. The van der Waals surface area contributed by atoms with E-state index in [1.165, 1.54) is 31.3 Å². The van der Waals surface area contributed by atoms with E-state index in [0.29, 0.717) is 16.5 Å². The van der Waals surface area contributed by atoms with Crippen molar-refractivity contribution in [3.05, 3.63) is 59.1 Å². The van der Waals surface area contributed by atoms with Crippen molar-refractivity contribution in [2.24, 2.45) is 5.10 Å². The summed E-state index contributed by atoms with van der Waals surface area (Å²) in [7, 11) is -0.901. The van der Waals surface area contributed by atoms with Crippen molar-refractivity contribution in [1.29, 1.82) is 0 Å². The van der Waals surface area contributed by atoms with Crippen LogP contribution in [0.15, 0.2) is 58.5 Å². The molecule has 0 radical (unpaired) electrons. The molecule has 0 saturated heterocycles. The smallest absolute Gasteiger partial charge is 0.255 e. The minimum Gasteiger partial charge on any atom is -0.497 e. The Kier molecular flexibility index (Phi) is 6.95. The molecule has 1 N–H and O–H groups in total. The number of hydrogen-bond acceptors (Lipinski definition) is 5. The Hall–Kier alpha value is -2.42. The summed E-state index contributed by atoms with van der Waals surface area (Å²) in [5, 5.41) is 4.44. The van der Waals surface area contributed by atoms with E-state index in [1.807, 2.05) is 0 Å². The topological polar surface area (TPSA) is 88.1 Å². The lowest BCUT2D eigenvalue weighted by molar-refractivity contribution is -0.121. The number of amides is 1. The van der Waals surface area contributed by atoms with Gasteiger partial charge in [-0.3, -0.25) is 4.79 Å². The highest BCUT2D eigenvalue weighted by Gasteiger charge is 2.22. The van der Waals surface area contributed by atoms with E-state index >= 15 is 0 Å². The Morgan fingerprint density at radius 1 is 1.15 bits per heavy atom. The van der Waals surface area contributed by atoms with Gasteiger partial charge in [0.15, 0.2) is 0 Å². The molecule has 2 aromatic carbocycles. The highest BCUT2D eigenvalue weighted by Crippen LogP contribution is 2.17. The van der Waals surface area contributed by atoms with Gasteiger partial charge in [0.2, 0.25) is 10.0 Å². The fraction of sp³-hybridized carbons (Fsp3) is 0.222. The second-order valence-corrected chi connectivity index (χ2v) is 8.16. The number of hydrazone groups is 1. The molecule has 9 heteroatoms. The lowest BCUT2D eigenvalue weighted by atomic mass is 10.1. The SMILES string of the molecule is COc1ccc(/C(C)=N\NC(=O)CN(C)S(=O)(=O)c2ccc(Cl)cc2)cc1. The molecule has 0 aliphatic heterocycles. The first-order valence-electron chi connectivity index (χ1n) is 7.93. The second-order valence-electron chi connectivity index (χ2n) is 5.68. The number of benzene rings is 2. The van der Waals surface area contributed by atoms with E-state index < -0.39 is 15.9 Å². The molecule has 1 amide bonds. The highest BCUT2D eigenvalue weighted by atomic mass is 35.5. The number of sulfonamides is 1. The van der Waals surface area contributed by atoms with Gasteiger partial charge < -0.3 is 4.74 Å². The molecular weight excluding hydrogens is 390 g/mol. The Labute approximate surface area is 163 Å². The number of ether oxygens (including phenoxy) is 1. The molecule has 2 rings (SSSR count).